The van der Waals surface area contributed by atoms with Crippen LogP contribution in [0.2, 0.25) is 0 Å². The van der Waals surface area contributed by atoms with Crippen molar-refractivity contribution < 1.29 is 24.2 Å². The Morgan fingerprint density at radius 2 is 1.79 bits per heavy atom. The number of aliphatic hydroxyl groups excluding tert-OH is 1. The lowest BCUT2D eigenvalue weighted by Gasteiger charge is -2.39. The number of rotatable bonds is 8. The lowest BCUT2D eigenvalue weighted by Crippen LogP contribution is -2.61. The molecule has 3 N–H and O–H groups in total. The van der Waals surface area contributed by atoms with E-state index >= 15 is 0 Å². The minimum Gasteiger partial charge on any atom is -0.394 e. The summed E-state index contributed by atoms with van der Waals surface area (Å²) in [6.07, 6.45) is 1.23. The molecule has 0 radical (unpaired) electrons. The van der Waals surface area contributed by atoms with Gasteiger partial charge in [-0.2, -0.15) is 0 Å². The summed E-state index contributed by atoms with van der Waals surface area (Å²) < 4.78 is 6.75. The minimum absolute atomic E-state index is 0.0204. The first-order valence-corrected chi connectivity index (χ1v) is 13.8. The fourth-order valence-electron chi connectivity index (χ4n) is 7.61. The van der Waals surface area contributed by atoms with Crippen LogP contribution in [0.15, 0.2) is 30.3 Å². The molecular formula is C30H45N3O5. The molecular weight excluding hydrogens is 482 g/mol. The van der Waals surface area contributed by atoms with Crippen LogP contribution in [-0.2, 0) is 25.7 Å². The van der Waals surface area contributed by atoms with Crippen LogP contribution in [0, 0.1) is 23.2 Å². The number of carbonyl (C=O) groups excluding carboxylic acids is 3. The van der Waals surface area contributed by atoms with Crippen LogP contribution in [-0.4, -0.2) is 63.2 Å². The zero-order chi connectivity index (χ0) is 28.3. The van der Waals surface area contributed by atoms with Gasteiger partial charge in [0.1, 0.15) is 11.6 Å². The van der Waals surface area contributed by atoms with Gasteiger partial charge in [0.2, 0.25) is 17.7 Å². The predicted octanol–water partition coefficient (Wildman–Crippen LogP) is 3.03. The SMILES string of the molecule is CC1CC23O[C@@]1(C)[C@H](C(=O)NCc1ccccc1)[C@H]2C(=O)N([C@H](C)CO)C3C(=O)NC(C)(C)CC(C)(C)C. The van der Waals surface area contributed by atoms with E-state index < -0.39 is 40.7 Å². The molecule has 1 aromatic carbocycles. The highest BCUT2D eigenvalue weighted by Crippen LogP contribution is 2.65. The van der Waals surface area contributed by atoms with Crippen LogP contribution >= 0.6 is 0 Å². The number of hydrogen-bond acceptors (Lipinski definition) is 5. The molecule has 3 aliphatic rings. The third-order valence-corrected chi connectivity index (χ3v) is 8.77. The molecule has 38 heavy (non-hydrogen) atoms. The molecule has 8 heteroatoms. The fourth-order valence-corrected chi connectivity index (χ4v) is 7.61. The third kappa shape index (κ3) is 4.75. The van der Waals surface area contributed by atoms with E-state index in [0.717, 1.165) is 12.0 Å². The van der Waals surface area contributed by atoms with Crippen molar-refractivity contribution in [3.8, 4) is 0 Å². The van der Waals surface area contributed by atoms with E-state index in [4.69, 9.17) is 4.74 Å². The molecule has 0 aliphatic carbocycles. The molecule has 7 atom stereocenters. The second kappa shape index (κ2) is 9.63. The van der Waals surface area contributed by atoms with Gasteiger partial charge in [-0.25, -0.2) is 0 Å². The Morgan fingerprint density at radius 1 is 1.16 bits per heavy atom. The standard InChI is InChI=1S/C30H45N3O5/c1-18-14-30-22(21(29(18,8)38-30)24(35)31-15-20-12-10-9-11-13-20)26(37)33(19(2)16-34)23(30)25(36)32-28(6,7)17-27(3,4)5/h9-13,18-19,21-23,34H,14-17H2,1-8H3,(H,31,35)(H,32,36)/t18?,19-,21+,22+,23?,29-,30?/m1/s1. The highest BCUT2D eigenvalue weighted by molar-refractivity contribution is 5.99. The van der Waals surface area contributed by atoms with Gasteiger partial charge < -0.3 is 25.4 Å². The average molecular weight is 528 g/mol. The van der Waals surface area contributed by atoms with E-state index in [0.29, 0.717) is 13.0 Å². The smallest absolute Gasteiger partial charge is 0.246 e. The molecule has 3 unspecified atom stereocenters. The normalized spacial score (nSPS) is 33.3. The number of nitrogens with zero attached hydrogens (tertiary/aromatic N) is 1. The number of hydrogen-bond donors (Lipinski definition) is 3. The molecule has 1 aromatic rings. The molecule has 3 saturated heterocycles. The number of aliphatic hydroxyl groups is 1. The van der Waals surface area contributed by atoms with Gasteiger partial charge in [0.25, 0.3) is 0 Å². The summed E-state index contributed by atoms with van der Waals surface area (Å²) in [6, 6.07) is 8.10. The maximum Gasteiger partial charge on any atom is 0.246 e. The van der Waals surface area contributed by atoms with Crippen LogP contribution in [0.3, 0.4) is 0 Å². The summed E-state index contributed by atoms with van der Waals surface area (Å²) in [5, 5.41) is 16.3. The first kappa shape index (κ1) is 28.6. The van der Waals surface area contributed by atoms with Crippen molar-refractivity contribution in [2.75, 3.05) is 6.61 Å². The molecule has 3 heterocycles. The van der Waals surface area contributed by atoms with E-state index in [1.165, 1.54) is 4.90 Å². The summed E-state index contributed by atoms with van der Waals surface area (Å²) in [5.74, 6) is -2.41. The van der Waals surface area contributed by atoms with Crippen LogP contribution < -0.4 is 10.6 Å². The van der Waals surface area contributed by atoms with Gasteiger partial charge in [-0.1, -0.05) is 58.0 Å². The summed E-state index contributed by atoms with van der Waals surface area (Å²) in [6.45, 7) is 16.1. The van der Waals surface area contributed by atoms with Crippen molar-refractivity contribution in [2.45, 2.75) is 104 Å². The Bertz CT molecular complexity index is 1080. The maximum absolute atomic E-state index is 14.1. The number of nitrogens with one attached hydrogen (secondary N) is 2. The lowest BCUT2D eigenvalue weighted by atomic mass is 9.62. The highest BCUT2D eigenvalue weighted by Gasteiger charge is 2.80. The Balaban J connectivity index is 1.69. The van der Waals surface area contributed by atoms with Gasteiger partial charge in [-0.05, 0) is 57.4 Å². The van der Waals surface area contributed by atoms with Gasteiger partial charge in [0.05, 0.1) is 30.1 Å². The first-order valence-electron chi connectivity index (χ1n) is 13.8. The van der Waals surface area contributed by atoms with E-state index in [-0.39, 0.29) is 35.7 Å². The number of amides is 3. The molecule has 0 saturated carbocycles. The van der Waals surface area contributed by atoms with Crippen LogP contribution in [0.25, 0.3) is 0 Å². The van der Waals surface area contributed by atoms with Crippen molar-refractivity contribution >= 4 is 17.7 Å². The van der Waals surface area contributed by atoms with E-state index in [1.807, 2.05) is 58.0 Å². The molecule has 3 aliphatic heterocycles. The molecule has 2 bridgehead atoms. The summed E-state index contributed by atoms with van der Waals surface area (Å²) in [4.78, 5) is 43.4. The molecule has 210 valence electrons. The number of carbonyl (C=O) groups is 3. The summed E-state index contributed by atoms with van der Waals surface area (Å²) in [5.41, 5.74) is -1.60. The number of likely N-dealkylation sites (tertiary alicyclic amines) is 1. The predicted molar refractivity (Wildman–Crippen MR) is 145 cm³/mol. The van der Waals surface area contributed by atoms with Crippen LogP contribution in [0.4, 0.5) is 0 Å². The fraction of sp³-hybridized carbons (Fsp3) is 0.700. The van der Waals surface area contributed by atoms with E-state index in [1.54, 1.807) is 6.92 Å². The summed E-state index contributed by atoms with van der Waals surface area (Å²) in [7, 11) is 0. The molecule has 1 spiro atoms. The van der Waals surface area contributed by atoms with Gasteiger partial charge in [-0.15, -0.1) is 0 Å². The quantitative estimate of drug-likeness (QED) is 0.482. The van der Waals surface area contributed by atoms with Crippen molar-refractivity contribution in [3.05, 3.63) is 35.9 Å². The van der Waals surface area contributed by atoms with Crippen molar-refractivity contribution in [3.63, 3.8) is 0 Å². The van der Waals surface area contributed by atoms with E-state index in [9.17, 15) is 19.5 Å². The Labute approximate surface area is 226 Å². The third-order valence-electron chi connectivity index (χ3n) is 8.77. The van der Waals surface area contributed by atoms with E-state index in [2.05, 4.69) is 31.4 Å². The molecule has 3 fully saturated rings. The first-order chi connectivity index (χ1) is 17.6. The Hall–Kier alpha value is -2.45. The van der Waals surface area contributed by atoms with Gasteiger partial charge >= 0.3 is 0 Å². The maximum atomic E-state index is 14.1. The topological polar surface area (TPSA) is 108 Å². The largest absolute Gasteiger partial charge is 0.394 e. The second-order valence-corrected chi connectivity index (χ2v) is 13.8. The van der Waals surface area contributed by atoms with Crippen molar-refractivity contribution in [1.82, 2.24) is 15.5 Å². The number of benzene rings is 1. The Kier molecular flexibility index (Phi) is 7.24. The minimum atomic E-state index is -1.13. The van der Waals surface area contributed by atoms with Crippen LogP contribution in [0.1, 0.15) is 73.8 Å². The molecule has 8 nitrogen and oxygen atoms in total. The lowest BCUT2D eigenvalue weighted by molar-refractivity contribution is -0.151. The zero-order valence-electron chi connectivity index (χ0n) is 24.1. The molecule has 4 rings (SSSR count). The van der Waals surface area contributed by atoms with Gasteiger partial charge in [0, 0.05) is 12.1 Å². The van der Waals surface area contributed by atoms with Crippen molar-refractivity contribution in [2.24, 2.45) is 23.2 Å². The second-order valence-electron chi connectivity index (χ2n) is 13.8. The van der Waals surface area contributed by atoms with Gasteiger partial charge in [-0.3, -0.25) is 14.4 Å². The molecule has 0 aromatic heterocycles. The highest BCUT2D eigenvalue weighted by atomic mass is 16.5. The molecule has 3 amide bonds. The Morgan fingerprint density at radius 3 is 2.37 bits per heavy atom. The summed E-state index contributed by atoms with van der Waals surface area (Å²) >= 11 is 0. The number of ether oxygens (including phenoxy) is 1. The zero-order valence-corrected chi connectivity index (χ0v) is 24.1. The number of fused-ring (bicyclic) bond motifs is 1. The van der Waals surface area contributed by atoms with Crippen LogP contribution in [0.5, 0.6) is 0 Å². The van der Waals surface area contributed by atoms with Gasteiger partial charge in [0.15, 0.2) is 0 Å². The monoisotopic (exact) mass is 527 g/mol. The average Bonchev–Trinajstić information content (AvgIpc) is 3.32. The van der Waals surface area contributed by atoms with Crippen molar-refractivity contribution in [1.29, 1.82) is 0 Å².